The predicted molar refractivity (Wildman–Crippen MR) is 172 cm³/mol. The van der Waals surface area contributed by atoms with Crippen LogP contribution in [0.25, 0.3) is 31.6 Å². The van der Waals surface area contributed by atoms with Crippen molar-refractivity contribution < 1.29 is 26.4 Å². The molecule has 6 heterocycles. The Morgan fingerprint density at radius 3 is 2.51 bits per heavy atom. The van der Waals surface area contributed by atoms with E-state index < -0.39 is 32.7 Å². The van der Waals surface area contributed by atoms with Gasteiger partial charge in [0.15, 0.2) is 15.0 Å². The van der Waals surface area contributed by atoms with Crippen LogP contribution in [0, 0.1) is 5.41 Å². The lowest BCUT2D eigenvalue weighted by atomic mass is 9.93. The Kier molecular flexibility index (Phi) is 6.90. The zero-order valence-electron chi connectivity index (χ0n) is 24.0. The van der Waals surface area contributed by atoms with Crippen molar-refractivity contribution in [2.75, 3.05) is 41.0 Å². The van der Waals surface area contributed by atoms with Crippen LogP contribution < -0.4 is 16.3 Å². The van der Waals surface area contributed by atoms with Crippen LogP contribution in [-0.2, 0) is 27.4 Å². The number of sulfone groups is 1. The highest BCUT2D eigenvalue weighted by Gasteiger charge is 2.51. The number of rotatable bonds is 3. The second kappa shape index (κ2) is 10.2. The Hall–Kier alpha value is -3.15. The minimum absolute atomic E-state index is 0.0107. The number of fused-ring (bicyclic) bond motifs is 1. The largest absolute Gasteiger partial charge is 0.417 e. The molecule has 3 aliphatic heterocycles. The Bertz CT molecular complexity index is 2080. The summed E-state index contributed by atoms with van der Waals surface area (Å²) in [6.45, 7) is 7.69. The highest BCUT2D eigenvalue weighted by molar-refractivity contribution is 8.00. The molecule has 0 aliphatic carbocycles. The summed E-state index contributed by atoms with van der Waals surface area (Å²) in [6.07, 6.45) is -3.57. The van der Waals surface area contributed by atoms with Crippen LogP contribution in [-0.4, -0.2) is 76.2 Å². The molecule has 1 amide bonds. The number of halogens is 3. The summed E-state index contributed by atoms with van der Waals surface area (Å²) >= 11 is 3.57. The van der Waals surface area contributed by atoms with Gasteiger partial charge in [0.25, 0.3) is 0 Å². The Labute approximate surface area is 267 Å². The number of thioether (sulfide) groups is 1. The summed E-state index contributed by atoms with van der Waals surface area (Å²) in [5.41, 5.74) is 4.32. The molecule has 1 spiro atoms. The van der Waals surface area contributed by atoms with E-state index in [4.69, 9.17) is 5.73 Å². The third kappa shape index (κ3) is 4.84. The number of carbonyl (C=O) groups is 1. The average molecular weight is 697 g/mol. The van der Waals surface area contributed by atoms with Crippen LogP contribution in [0.3, 0.4) is 0 Å². The van der Waals surface area contributed by atoms with E-state index in [1.54, 1.807) is 15.2 Å². The lowest BCUT2D eigenvalue weighted by Gasteiger charge is -2.44. The molecule has 0 saturated carbocycles. The van der Waals surface area contributed by atoms with Crippen molar-refractivity contribution in [2.45, 2.75) is 43.5 Å². The van der Waals surface area contributed by atoms with Crippen molar-refractivity contribution in [1.82, 2.24) is 19.4 Å². The molecule has 45 heavy (non-hydrogen) atoms. The van der Waals surface area contributed by atoms with Gasteiger partial charge < -0.3 is 15.5 Å². The number of benzene rings is 1. The number of piperazine rings is 1. The average Bonchev–Trinajstić information content (AvgIpc) is 3.43. The first-order valence-electron chi connectivity index (χ1n) is 14.0. The molecule has 3 aromatic heterocycles. The van der Waals surface area contributed by atoms with Gasteiger partial charge in [0.2, 0.25) is 5.91 Å². The number of hydrogen-bond donors (Lipinski definition) is 1. The van der Waals surface area contributed by atoms with Gasteiger partial charge in [0.1, 0.15) is 15.3 Å². The van der Waals surface area contributed by atoms with Crippen molar-refractivity contribution in [3.05, 3.63) is 40.1 Å². The van der Waals surface area contributed by atoms with Crippen LogP contribution in [0.1, 0.15) is 19.4 Å². The zero-order chi connectivity index (χ0) is 32.2. The first-order valence-corrected chi connectivity index (χ1v) is 18.5. The van der Waals surface area contributed by atoms with Crippen molar-refractivity contribution in [1.29, 1.82) is 0 Å². The maximum atomic E-state index is 15.1. The number of anilines is 2. The third-order valence-electron chi connectivity index (χ3n) is 8.64. The normalized spacial score (nSPS) is 22.5. The van der Waals surface area contributed by atoms with E-state index in [0.29, 0.717) is 9.53 Å². The van der Waals surface area contributed by atoms with Crippen LogP contribution >= 0.6 is 34.4 Å². The van der Waals surface area contributed by atoms with E-state index in [9.17, 15) is 18.0 Å². The van der Waals surface area contributed by atoms with Crippen molar-refractivity contribution in [3.63, 3.8) is 0 Å². The fourth-order valence-corrected chi connectivity index (χ4v) is 12.8. The van der Waals surface area contributed by atoms with Gasteiger partial charge in [-0.1, -0.05) is 17.9 Å². The molecule has 7 rings (SSSR count). The maximum Gasteiger partial charge on any atom is 0.417 e. The molecule has 2 N–H and O–H groups in total. The summed E-state index contributed by atoms with van der Waals surface area (Å²) < 4.78 is 72.1. The SMILES string of the molecule is C=CC(=O)N1[C@H](C)CN(c2nc(=O)n3c4c(c(-c5csc6sc(N)nc56)c(C(F)(F)F)cc24)SCC2(C3)CS(=O)(=O)C2)C[C@@H]1C. The van der Waals surface area contributed by atoms with Crippen LogP contribution in [0.2, 0.25) is 0 Å². The standard InChI is InChI=1S/C28H27F3N6O4S4/c1-4-18(38)37-13(2)6-35(7-14(37)3)23-15-5-17(28(29,30)31)19(16-8-42-24-20(16)33-25(32)44-24)22-21(15)36(26(39)34-23)9-27(10-43-22)11-45(40,41)12-27/h4-5,8,13-14H,1,6-7,9-12H2,2-3H3,(H2,32,33)/t13-,14+. The van der Waals surface area contributed by atoms with Gasteiger partial charge in [-0.05, 0) is 26.0 Å². The predicted octanol–water partition coefficient (Wildman–Crippen LogP) is 4.47. The highest BCUT2D eigenvalue weighted by Crippen LogP contribution is 2.53. The molecule has 0 unspecified atom stereocenters. The summed E-state index contributed by atoms with van der Waals surface area (Å²) in [5, 5.41) is 1.99. The molecule has 2 atom stereocenters. The fourth-order valence-electron chi connectivity index (χ4n) is 7.04. The molecule has 3 aliphatic rings. The van der Waals surface area contributed by atoms with Crippen LogP contribution in [0.4, 0.5) is 24.1 Å². The summed E-state index contributed by atoms with van der Waals surface area (Å²) in [5.74, 6) is -0.299. The number of alkyl halides is 3. The summed E-state index contributed by atoms with van der Waals surface area (Å²) in [4.78, 5) is 38.8. The Morgan fingerprint density at radius 1 is 1.20 bits per heavy atom. The number of carbonyl (C=O) groups excluding carboxylic acids is 1. The first kappa shape index (κ1) is 30.5. The van der Waals surface area contributed by atoms with Crippen LogP contribution in [0.5, 0.6) is 0 Å². The number of nitrogens with zero attached hydrogens (tertiary/aromatic N) is 5. The third-order valence-corrected chi connectivity index (χ3v) is 14.2. The minimum Gasteiger partial charge on any atom is -0.375 e. The molecule has 1 aromatic carbocycles. The Morgan fingerprint density at radius 2 is 1.89 bits per heavy atom. The fraction of sp³-hybridized carbons (Fsp3) is 0.429. The molecule has 238 valence electrons. The molecule has 10 nitrogen and oxygen atoms in total. The number of thiazole rings is 1. The molecule has 2 saturated heterocycles. The molecular weight excluding hydrogens is 670 g/mol. The van der Waals surface area contributed by atoms with Gasteiger partial charge in [0.05, 0.1) is 22.6 Å². The molecule has 17 heteroatoms. The second-order valence-electron chi connectivity index (χ2n) is 12.0. The maximum absolute atomic E-state index is 15.1. The van der Waals surface area contributed by atoms with Gasteiger partial charge in [-0.3, -0.25) is 9.36 Å². The van der Waals surface area contributed by atoms with E-state index in [-0.39, 0.29) is 92.8 Å². The van der Waals surface area contributed by atoms with Gasteiger partial charge in [-0.2, -0.15) is 18.2 Å². The van der Waals surface area contributed by atoms with Crippen molar-refractivity contribution >= 4 is 81.6 Å². The number of hydrogen-bond acceptors (Lipinski definition) is 11. The number of aromatic nitrogens is 3. The lowest BCUT2D eigenvalue weighted by molar-refractivity contribution is -0.137. The topological polar surface area (TPSA) is 131 Å². The van der Waals surface area contributed by atoms with E-state index in [1.165, 1.54) is 33.3 Å². The zero-order valence-corrected chi connectivity index (χ0v) is 27.3. The first-order chi connectivity index (χ1) is 21.1. The van der Waals surface area contributed by atoms with Crippen LogP contribution in [0.15, 0.2) is 33.8 Å². The number of thiophene rings is 1. The number of amides is 1. The lowest BCUT2D eigenvalue weighted by Crippen LogP contribution is -2.59. The number of nitrogens with two attached hydrogens (primary N) is 1. The molecule has 4 aromatic rings. The van der Waals surface area contributed by atoms with E-state index in [1.807, 2.05) is 13.8 Å². The van der Waals surface area contributed by atoms with Crippen molar-refractivity contribution in [3.8, 4) is 11.1 Å². The monoisotopic (exact) mass is 696 g/mol. The number of nitrogen functional groups attached to an aromatic ring is 1. The Balaban J connectivity index is 1.52. The van der Waals surface area contributed by atoms with E-state index in [0.717, 1.165) is 17.8 Å². The smallest absolute Gasteiger partial charge is 0.375 e. The van der Waals surface area contributed by atoms with Gasteiger partial charge >= 0.3 is 11.9 Å². The molecular formula is C28H27F3N6O4S4. The van der Waals surface area contributed by atoms with Gasteiger partial charge in [0, 0.05) is 69.7 Å². The second-order valence-corrected chi connectivity index (χ2v) is 17.3. The molecule has 0 radical (unpaired) electrons. The van der Waals surface area contributed by atoms with Crippen molar-refractivity contribution in [2.24, 2.45) is 5.41 Å². The molecule has 2 fully saturated rings. The van der Waals surface area contributed by atoms with E-state index in [2.05, 4.69) is 16.5 Å². The minimum atomic E-state index is -4.80. The molecule has 0 bridgehead atoms. The summed E-state index contributed by atoms with van der Waals surface area (Å²) in [7, 11) is -3.34. The quantitative estimate of drug-likeness (QED) is 0.309. The highest BCUT2D eigenvalue weighted by atomic mass is 32.2. The van der Waals surface area contributed by atoms with Gasteiger partial charge in [-0.15, -0.1) is 23.1 Å². The van der Waals surface area contributed by atoms with E-state index >= 15 is 13.2 Å². The summed E-state index contributed by atoms with van der Waals surface area (Å²) in [6, 6.07) is 0.363. The van der Waals surface area contributed by atoms with Gasteiger partial charge in [-0.25, -0.2) is 18.2 Å².